The van der Waals surface area contributed by atoms with Crippen LogP contribution in [0.5, 0.6) is 0 Å². The summed E-state index contributed by atoms with van der Waals surface area (Å²) in [4.78, 5) is 25.9. The Kier molecular flexibility index (Phi) is 8.42. The third-order valence-corrected chi connectivity index (χ3v) is 3.01. The normalized spacial score (nSPS) is 16.0. The molecule has 0 atom stereocenters. The van der Waals surface area contributed by atoms with E-state index in [1.807, 2.05) is 18.7 Å². The summed E-state index contributed by atoms with van der Waals surface area (Å²) in [7, 11) is 1.80. The van der Waals surface area contributed by atoms with E-state index < -0.39 is 0 Å². The Bertz CT molecular complexity index is 246. The van der Waals surface area contributed by atoms with Crippen LogP contribution in [0.2, 0.25) is 0 Å². The number of nitrogens with zero attached hydrogens (tertiary/aromatic N) is 2. The van der Waals surface area contributed by atoms with Gasteiger partial charge in [-0.3, -0.25) is 9.59 Å². The van der Waals surface area contributed by atoms with E-state index in [0.29, 0.717) is 6.04 Å². The summed E-state index contributed by atoms with van der Waals surface area (Å²) in [6.45, 7) is 9.65. The molecule has 1 fully saturated rings. The van der Waals surface area contributed by atoms with Gasteiger partial charge < -0.3 is 9.80 Å². The third kappa shape index (κ3) is 5.52. The minimum atomic E-state index is 0.0744. The molecule has 2 amide bonds. The van der Waals surface area contributed by atoms with Crippen LogP contribution in [0, 0.1) is 5.92 Å². The highest BCUT2D eigenvalue weighted by molar-refractivity contribution is 5.78. The van der Waals surface area contributed by atoms with E-state index in [1.165, 1.54) is 6.42 Å². The predicted molar refractivity (Wildman–Crippen MR) is 74.2 cm³/mol. The lowest BCUT2D eigenvalue weighted by atomic mass is 10.0. The number of piperidine rings is 1. The molecule has 0 radical (unpaired) electrons. The fourth-order valence-electron chi connectivity index (χ4n) is 1.94. The first-order valence-corrected chi connectivity index (χ1v) is 6.93. The zero-order valence-electron chi connectivity index (χ0n) is 12.5. The molecule has 0 spiro atoms. The van der Waals surface area contributed by atoms with E-state index in [1.54, 1.807) is 11.9 Å². The van der Waals surface area contributed by atoms with Crippen LogP contribution in [0.15, 0.2) is 0 Å². The zero-order valence-corrected chi connectivity index (χ0v) is 12.5. The Balaban J connectivity index is 0.000000873. The van der Waals surface area contributed by atoms with Gasteiger partial charge in [0.05, 0.1) is 0 Å². The summed E-state index contributed by atoms with van der Waals surface area (Å²) in [5, 5.41) is 0. The monoisotopic (exact) mass is 256 g/mol. The molecule has 0 aromatic rings. The molecule has 106 valence electrons. The standard InChI is InChI=1S/C11H20N2O2.C3H8/c1-9(2)11(15)13-6-4-10(5-7-13)12(3)8-14;1-3-2/h8-10H,4-7H2,1-3H3;3H2,1-2H3. The van der Waals surface area contributed by atoms with E-state index in [2.05, 4.69) is 13.8 Å². The molecule has 0 saturated carbocycles. The van der Waals surface area contributed by atoms with Crippen LogP contribution in [0.25, 0.3) is 0 Å². The maximum Gasteiger partial charge on any atom is 0.225 e. The zero-order chi connectivity index (χ0) is 14.1. The maximum absolute atomic E-state index is 11.7. The van der Waals surface area contributed by atoms with Gasteiger partial charge in [-0.15, -0.1) is 0 Å². The summed E-state index contributed by atoms with van der Waals surface area (Å²) in [6.07, 6.45) is 3.91. The van der Waals surface area contributed by atoms with Crippen LogP contribution in [0.4, 0.5) is 0 Å². The molecule has 1 aliphatic heterocycles. The van der Waals surface area contributed by atoms with Gasteiger partial charge in [0, 0.05) is 32.1 Å². The number of hydrogen-bond donors (Lipinski definition) is 0. The quantitative estimate of drug-likeness (QED) is 0.726. The van der Waals surface area contributed by atoms with Gasteiger partial charge in [-0.25, -0.2) is 0 Å². The van der Waals surface area contributed by atoms with Crippen molar-refractivity contribution < 1.29 is 9.59 Å². The van der Waals surface area contributed by atoms with Crippen molar-refractivity contribution in [1.82, 2.24) is 9.80 Å². The molecule has 0 N–H and O–H groups in total. The average molecular weight is 256 g/mol. The highest BCUT2D eigenvalue weighted by Gasteiger charge is 2.25. The molecule has 1 rings (SSSR count). The number of rotatable bonds is 3. The number of likely N-dealkylation sites (tertiary alicyclic amines) is 1. The smallest absolute Gasteiger partial charge is 0.225 e. The molecule has 18 heavy (non-hydrogen) atoms. The first kappa shape index (κ1) is 16.9. The number of carbonyl (C=O) groups is 2. The molecule has 0 aromatic heterocycles. The highest BCUT2D eigenvalue weighted by Crippen LogP contribution is 2.16. The van der Waals surface area contributed by atoms with Crippen LogP contribution in [-0.2, 0) is 9.59 Å². The molecule has 1 heterocycles. The number of hydrogen-bond acceptors (Lipinski definition) is 2. The van der Waals surface area contributed by atoms with Crippen molar-refractivity contribution >= 4 is 12.3 Å². The summed E-state index contributed by atoms with van der Waals surface area (Å²) in [5.41, 5.74) is 0. The Morgan fingerprint density at radius 2 is 1.78 bits per heavy atom. The van der Waals surface area contributed by atoms with Crippen molar-refractivity contribution in [1.29, 1.82) is 0 Å². The maximum atomic E-state index is 11.7. The van der Waals surface area contributed by atoms with E-state index in [-0.39, 0.29) is 11.8 Å². The van der Waals surface area contributed by atoms with Gasteiger partial charge in [0.2, 0.25) is 12.3 Å². The van der Waals surface area contributed by atoms with Crippen molar-refractivity contribution in [2.75, 3.05) is 20.1 Å². The van der Waals surface area contributed by atoms with Crippen LogP contribution >= 0.6 is 0 Å². The van der Waals surface area contributed by atoms with Crippen LogP contribution in [-0.4, -0.2) is 48.3 Å². The second kappa shape index (κ2) is 8.95. The van der Waals surface area contributed by atoms with Crippen LogP contribution in [0.1, 0.15) is 47.0 Å². The first-order chi connectivity index (χ1) is 8.47. The number of amides is 2. The molecule has 4 nitrogen and oxygen atoms in total. The van der Waals surface area contributed by atoms with Gasteiger partial charge in [-0.1, -0.05) is 34.1 Å². The van der Waals surface area contributed by atoms with Gasteiger partial charge in [0.25, 0.3) is 0 Å². The lowest BCUT2D eigenvalue weighted by Crippen LogP contribution is -2.46. The minimum absolute atomic E-state index is 0.0744. The first-order valence-electron chi connectivity index (χ1n) is 6.93. The fraction of sp³-hybridized carbons (Fsp3) is 0.857. The topological polar surface area (TPSA) is 40.6 Å². The van der Waals surface area contributed by atoms with Gasteiger partial charge in [0.1, 0.15) is 0 Å². The molecule has 1 aliphatic rings. The molecular weight excluding hydrogens is 228 g/mol. The third-order valence-electron chi connectivity index (χ3n) is 3.01. The lowest BCUT2D eigenvalue weighted by molar-refractivity contribution is -0.136. The summed E-state index contributed by atoms with van der Waals surface area (Å²) in [5.74, 6) is 0.299. The van der Waals surface area contributed by atoms with E-state index >= 15 is 0 Å². The van der Waals surface area contributed by atoms with Crippen LogP contribution in [0.3, 0.4) is 0 Å². The predicted octanol–water partition coefficient (Wildman–Crippen LogP) is 2.14. The number of carbonyl (C=O) groups excluding carboxylic acids is 2. The van der Waals surface area contributed by atoms with Gasteiger partial charge in [-0.2, -0.15) is 0 Å². The van der Waals surface area contributed by atoms with E-state index in [4.69, 9.17) is 0 Å². The van der Waals surface area contributed by atoms with E-state index in [9.17, 15) is 9.59 Å². The van der Waals surface area contributed by atoms with Gasteiger partial charge in [-0.05, 0) is 12.8 Å². The SMILES string of the molecule is CC(C)C(=O)N1CCC(N(C)C=O)CC1.CCC. The van der Waals surface area contributed by atoms with E-state index in [0.717, 1.165) is 32.3 Å². The summed E-state index contributed by atoms with van der Waals surface area (Å²) >= 11 is 0. The molecule has 0 aliphatic carbocycles. The van der Waals surface area contributed by atoms with Gasteiger partial charge in [0.15, 0.2) is 0 Å². The highest BCUT2D eigenvalue weighted by atomic mass is 16.2. The summed E-state index contributed by atoms with van der Waals surface area (Å²) < 4.78 is 0. The van der Waals surface area contributed by atoms with Gasteiger partial charge >= 0.3 is 0 Å². The Labute approximate surface area is 111 Å². The second-order valence-corrected chi connectivity index (χ2v) is 5.19. The lowest BCUT2D eigenvalue weighted by Gasteiger charge is -2.35. The second-order valence-electron chi connectivity index (χ2n) is 5.19. The van der Waals surface area contributed by atoms with Crippen molar-refractivity contribution in [2.24, 2.45) is 5.92 Å². The fourth-order valence-corrected chi connectivity index (χ4v) is 1.94. The Hall–Kier alpha value is -1.06. The van der Waals surface area contributed by atoms with Crippen molar-refractivity contribution in [3.63, 3.8) is 0 Å². The largest absolute Gasteiger partial charge is 0.345 e. The van der Waals surface area contributed by atoms with Crippen LogP contribution < -0.4 is 0 Å². The molecule has 0 unspecified atom stereocenters. The average Bonchev–Trinajstić information content (AvgIpc) is 2.38. The molecule has 1 saturated heterocycles. The molecule has 0 bridgehead atoms. The van der Waals surface area contributed by atoms with Crippen molar-refractivity contribution in [2.45, 2.75) is 53.0 Å². The summed E-state index contributed by atoms with van der Waals surface area (Å²) in [6, 6.07) is 0.304. The molecule has 0 aromatic carbocycles. The van der Waals surface area contributed by atoms with Crippen molar-refractivity contribution in [3.05, 3.63) is 0 Å². The molecular formula is C14H28N2O2. The molecule has 4 heteroatoms. The van der Waals surface area contributed by atoms with Crippen molar-refractivity contribution in [3.8, 4) is 0 Å². The Morgan fingerprint density at radius 3 is 2.11 bits per heavy atom. The minimum Gasteiger partial charge on any atom is -0.345 e. The Morgan fingerprint density at radius 1 is 1.33 bits per heavy atom.